The molecule has 1 N–H and O–H groups in total. The highest BCUT2D eigenvalue weighted by Crippen LogP contribution is 2.76. The summed E-state index contributed by atoms with van der Waals surface area (Å²) in [7, 11) is 0. The number of aliphatic hydroxyl groups excluding tert-OH is 1. The SMILES string of the molecule is CC(C)[C@H]1[C@@H](O)C[C@@H]2[C@]1(C)CC[C@]1(C)C3=CC[C@H]4C(C)(C)CCC[C@]4(C)[C@H]3CC[C@@]21C. The number of aliphatic hydroxyl groups is 1. The van der Waals surface area contributed by atoms with E-state index >= 15 is 0 Å². The van der Waals surface area contributed by atoms with Gasteiger partial charge in [0.15, 0.2) is 0 Å². The van der Waals surface area contributed by atoms with Crippen LogP contribution in [0.2, 0.25) is 0 Å². The first-order valence-corrected chi connectivity index (χ1v) is 13.7. The molecule has 9 atom stereocenters. The highest BCUT2D eigenvalue weighted by atomic mass is 16.3. The number of hydrogen-bond donors (Lipinski definition) is 1. The van der Waals surface area contributed by atoms with Crippen LogP contribution in [-0.4, -0.2) is 11.2 Å². The molecule has 0 aromatic rings. The van der Waals surface area contributed by atoms with E-state index in [1.165, 1.54) is 51.4 Å². The van der Waals surface area contributed by atoms with Gasteiger partial charge in [0, 0.05) is 0 Å². The second-order valence-electron chi connectivity index (χ2n) is 14.8. The van der Waals surface area contributed by atoms with E-state index in [1.807, 2.05) is 5.57 Å². The van der Waals surface area contributed by atoms with Crippen LogP contribution in [-0.2, 0) is 0 Å². The number of allylic oxidation sites excluding steroid dienone is 2. The smallest absolute Gasteiger partial charge is 0.0579 e. The lowest BCUT2D eigenvalue weighted by Gasteiger charge is -2.69. The van der Waals surface area contributed by atoms with E-state index < -0.39 is 0 Å². The molecular weight excluding hydrogens is 376 g/mol. The Morgan fingerprint density at radius 3 is 2.26 bits per heavy atom. The van der Waals surface area contributed by atoms with Gasteiger partial charge in [-0.05, 0) is 108 Å². The molecule has 1 nitrogen and oxygen atoms in total. The maximum absolute atomic E-state index is 11.2. The Hall–Kier alpha value is -0.300. The summed E-state index contributed by atoms with van der Waals surface area (Å²) < 4.78 is 0. The number of hydrogen-bond acceptors (Lipinski definition) is 1. The van der Waals surface area contributed by atoms with Crippen molar-refractivity contribution in [3.05, 3.63) is 11.6 Å². The van der Waals surface area contributed by atoms with Crippen molar-refractivity contribution in [1.29, 1.82) is 0 Å². The van der Waals surface area contributed by atoms with Gasteiger partial charge in [0.25, 0.3) is 0 Å². The molecule has 0 saturated heterocycles. The molecule has 1 heteroatoms. The lowest BCUT2D eigenvalue weighted by Crippen LogP contribution is -2.60. The molecule has 0 aromatic carbocycles. The summed E-state index contributed by atoms with van der Waals surface area (Å²) in [5.41, 5.74) is 3.81. The second kappa shape index (κ2) is 6.64. The Balaban J connectivity index is 1.56. The van der Waals surface area contributed by atoms with Gasteiger partial charge in [0.05, 0.1) is 6.10 Å². The molecule has 0 heterocycles. The van der Waals surface area contributed by atoms with E-state index in [0.717, 1.165) is 18.3 Å². The predicted molar refractivity (Wildman–Crippen MR) is 131 cm³/mol. The summed E-state index contributed by atoms with van der Waals surface area (Å²) in [5.74, 6) is 3.35. The molecule has 0 radical (unpaired) electrons. The normalized spacial score (nSPS) is 55.7. The van der Waals surface area contributed by atoms with Crippen molar-refractivity contribution < 1.29 is 5.11 Å². The lowest BCUT2D eigenvalue weighted by molar-refractivity contribution is -0.144. The maximum atomic E-state index is 11.2. The van der Waals surface area contributed by atoms with Crippen LogP contribution in [0, 0.1) is 56.7 Å². The summed E-state index contributed by atoms with van der Waals surface area (Å²) in [6.07, 6.45) is 14.7. The standard InChI is InChI=1S/C30H50O/c1-19(2)25-22(31)18-24-28(25,6)16-17-29(7)21-10-11-23-26(3,4)13-9-14-27(23,5)20(21)12-15-30(24,29)8/h10,19-20,22-25,31H,9,11-18H2,1-8H3/t20-,22-,23-,24+,25-,27+,28-,29+,30-/m0/s1. The first-order chi connectivity index (χ1) is 14.3. The molecule has 5 rings (SSSR count). The number of rotatable bonds is 1. The molecule has 0 aliphatic heterocycles. The monoisotopic (exact) mass is 426 g/mol. The Labute approximate surface area is 192 Å². The van der Waals surface area contributed by atoms with E-state index in [4.69, 9.17) is 0 Å². The molecule has 31 heavy (non-hydrogen) atoms. The average Bonchev–Trinajstić information content (AvgIpc) is 2.94. The summed E-state index contributed by atoms with van der Waals surface area (Å²) >= 11 is 0. The Morgan fingerprint density at radius 1 is 0.871 bits per heavy atom. The van der Waals surface area contributed by atoms with Gasteiger partial charge in [-0.2, -0.15) is 0 Å². The van der Waals surface area contributed by atoms with Crippen molar-refractivity contribution in [2.75, 3.05) is 0 Å². The van der Waals surface area contributed by atoms with Gasteiger partial charge >= 0.3 is 0 Å². The third-order valence-electron chi connectivity index (χ3n) is 13.0. The maximum Gasteiger partial charge on any atom is 0.0579 e. The minimum atomic E-state index is -0.103. The predicted octanol–water partition coefficient (Wildman–Crippen LogP) is 8.02. The Kier molecular flexibility index (Phi) is 4.82. The van der Waals surface area contributed by atoms with Gasteiger partial charge in [-0.15, -0.1) is 0 Å². The third kappa shape index (κ3) is 2.65. The Morgan fingerprint density at radius 2 is 1.58 bits per heavy atom. The molecule has 0 amide bonds. The lowest BCUT2D eigenvalue weighted by atomic mass is 9.36. The summed E-state index contributed by atoms with van der Waals surface area (Å²) in [6, 6.07) is 0. The minimum Gasteiger partial charge on any atom is -0.393 e. The van der Waals surface area contributed by atoms with Crippen molar-refractivity contribution in [2.45, 2.75) is 119 Å². The summed E-state index contributed by atoms with van der Waals surface area (Å²) in [4.78, 5) is 0. The zero-order valence-corrected chi connectivity index (χ0v) is 21.9. The molecular formula is C30H50O. The largest absolute Gasteiger partial charge is 0.393 e. The van der Waals surface area contributed by atoms with Crippen LogP contribution in [0.25, 0.3) is 0 Å². The summed E-state index contributed by atoms with van der Waals surface area (Å²) in [5, 5.41) is 11.2. The summed E-state index contributed by atoms with van der Waals surface area (Å²) in [6.45, 7) is 20.4. The number of fused-ring (bicyclic) bond motifs is 7. The van der Waals surface area contributed by atoms with Gasteiger partial charge in [0.1, 0.15) is 0 Å². The molecule has 0 bridgehead atoms. The average molecular weight is 427 g/mol. The van der Waals surface area contributed by atoms with Gasteiger partial charge in [-0.25, -0.2) is 0 Å². The molecule has 5 aliphatic rings. The minimum absolute atomic E-state index is 0.103. The van der Waals surface area contributed by atoms with Crippen LogP contribution >= 0.6 is 0 Å². The van der Waals surface area contributed by atoms with Gasteiger partial charge < -0.3 is 5.11 Å². The van der Waals surface area contributed by atoms with E-state index in [-0.39, 0.29) is 6.10 Å². The van der Waals surface area contributed by atoms with E-state index in [0.29, 0.717) is 44.8 Å². The van der Waals surface area contributed by atoms with Crippen LogP contribution in [0.3, 0.4) is 0 Å². The van der Waals surface area contributed by atoms with Crippen LogP contribution in [0.4, 0.5) is 0 Å². The third-order valence-corrected chi connectivity index (χ3v) is 13.0. The van der Waals surface area contributed by atoms with Crippen molar-refractivity contribution >= 4 is 0 Å². The fourth-order valence-electron chi connectivity index (χ4n) is 11.4. The second-order valence-corrected chi connectivity index (χ2v) is 14.8. The van der Waals surface area contributed by atoms with Crippen molar-refractivity contribution in [3.8, 4) is 0 Å². The molecule has 4 fully saturated rings. The fourth-order valence-corrected chi connectivity index (χ4v) is 11.4. The van der Waals surface area contributed by atoms with E-state index in [2.05, 4.69) is 61.5 Å². The van der Waals surface area contributed by atoms with Gasteiger partial charge in [-0.3, -0.25) is 0 Å². The van der Waals surface area contributed by atoms with Crippen molar-refractivity contribution in [1.82, 2.24) is 0 Å². The van der Waals surface area contributed by atoms with Crippen LogP contribution in [0.1, 0.15) is 113 Å². The first kappa shape index (κ1) is 22.5. The van der Waals surface area contributed by atoms with Gasteiger partial charge in [0.2, 0.25) is 0 Å². The van der Waals surface area contributed by atoms with Gasteiger partial charge in [-0.1, -0.05) is 73.5 Å². The zero-order chi connectivity index (χ0) is 22.6. The molecule has 5 aliphatic carbocycles. The fraction of sp³-hybridized carbons (Fsp3) is 0.933. The van der Waals surface area contributed by atoms with E-state index in [9.17, 15) is 5.11 Å². The van der Waals surface area contributed by atoms with Crippen LogP contribution < -0.4 is 0 Å². The quantitative estimate of drug-likeness (QED) is 0.421. The highest BCUT2D eigenvalue weighted by Gasteiger charge is 2.69. The van der Waals surface area contributed by atoms with Crippen LogP contribution in [0.15, 0.2) is 11.6 Å². The molecule has 0 aromatic heterocycles. The molecule has 176 valence electrons. The van der Waals surface area contributed by atoms with Crippen molar-refractivity contribution in [3.63, 3.8) is 0 Å². The Bertz CT molecular complexity index is 777. The highest BCUT2D eigenvalue weighted by molar-refractivity contribution is 5.33. The van der Waals surface area contributed by atoms with Crippen LogP contribution in [0.5, 0.6) is 0 Å². The zero-order valence-electron chi connectivity index (χ0n) is 21.9. The topological polar surface area (TPSA) is 20.2 Å². The van der Waals surface area contributed by atoms with E-state index in [1.54, 1.807) is 0 Å². The molecule has 0 unspecified atom stereocenters. The molecule has 4 saturated carbocycles. The first-order valence-electron chi connectivity index (χ1n) is 13.7. The van der Waals surface area contributed by atoms with Crippen molar-refractivity contribution in [2.24, 2.45) is 56.7 Å². The molecule has 0 spiro atoms.